The van der Waals surface area contributed by atoms with Crippen LogP contribution in [0.15, 0.2) is 26.7 Å². The molecule has 0 saturated heterocycles. The lowest BCUT2D eigenvalue weighted by Crippen LogP contribution is -2.29. The van der Waals surface area contributed by atoms with Gasteiger partial charge in [-0.15, -0.1) is 11.3 Å². The number of unbranched alkanes of at least 4 members (excludes halogenated alkanes) is 13. The van der Waals surface area contributed by atoms with Crippen molar-refractivity contribution in [2.24, 2.45) is 0 Å². The zero-order valence-electron chi connectivity index (χ0n) is 23.5. The fraction of sp³-hybridized carbons (Fsp3) is 0.621. The average Bonchev–Trinajstić information content (AvgIpc) is 3.35. The molecule has 3 amide bonds. The largest absolute Gasteiger partial charge is 0.507 e. The Labute approximate surface area is 241 Å². The van der Waals surface area contributed by atoms with Crippen LogP contribution in [0.4, 0.5) is 10.5 Å². The zero-order chi connectivity index (χ0) is 28.3. The van der Waals surface area contributed by atoms with Crippen molar-refractivity contribution in [1.29, 1.82) is 0 Å². The lowest BCUT2D eigenvalue weighted by Gasteiger charge is -2.11. The second-order valence-electron chi connectivity index (χ2n) is 9.87. The molecule has 2 aromatic rings. The lowest BCUT2D eigenvalue weighted by molar-refractivity contribution is -0.120. The molecule has 10 heteroatoms. The van der Waals surface area contributed by atoms with Gasteiger partial charge < -0.3 is 26.2 Å². The Balaban J connectivity index is 1.58. The van der Waals surface area contributed by atoms with Gasteiger partial charge in [0.1, 0.15) is 11.5 Å². The molecule has 1 heterocycles. The smallest absolute Gasteiger partial charge is 0.319 e. The minimum absolute atomic E-state index is 0.0804. The quantitative estimate of drug-likeness (QED) is 0.0626. The first-order valence-electron chi connectivity index (χ1n) is 14.4. The van der Waals surface area contributed by atoms with Crippen LogP contribution in [0.2, 0.25) is 0 Å². The molecule has 5 N–H and O–H groups in total. The highest BCUT2D eigenvalue weighted by Gasteiger charge is 2.14. The van der Waals surface area contributed by atoms with E-state index in [0.29, 0.717) is 21.5 Å². The van der Waals surface area contributed by atoms with Crippen LogP contribution in [0.1, 0.15) is 103 Å². The van der Waals surface area contributed by atoms with E-state index in [1.54, 1.807) is 12.4 Å². The molecule has 0 aliphatic heterocycles. The average molecular weight is 579 g/mol. The van der Waals surface area contributed by atoms with E-state index < -0.39 is 6.03 Å². The summed E-state index contributed by atoms with van der Waals surface area (Å²) in [6, 6.07) is 2.30. The molecule has 0 aliphatic carbocycles. The molecule has 218 valence electrons. The molecule has 1 aromatic carbocycles. The van der Waals surface area contributed by atoms with Crippen molar-refractivity contribution in [2.45, 2.75) is 112 Å². The van der Waals surface area contributed by atoms with E-state index >= 15 is 0 Å². The van der Waals surface area contributed by atoms with Gasteiger partial charge >= 0.3 is 6.03 Å². The number of phenolic OH excluding ortho intramolecular Hbond substituents is 2. The Kier molecular flexibility index (Phi) is 16.4. The van der Waals surface area contributed by atoms with E-state index in [1.807, 2.05) is 0 Å². The first kappa shape index (κ1) is 32.8. The molecule has 0 radical (unpaired) electrons. The Hall–Kier alpha value is -2.46. The number of nitrogens with zero attached hydrogens (tertiary/aromatic N) is 1. The Morgan fingerprint density at radius 2 is 1.46 bits per heavy atom. The number of likely N-dealkylation sites (N-methyl/N-ethyl adjacent to an activating group) is 1. The molecule has 0 unspecified atom stereocenters. The topological polar surface area (TPSA) is 124 Å². The van der Waals surface area contributed by atoms with E-state index in [2.05, 4.69) is 27.9 Å². The van der Waals surface area contributed by atoms with Crippen LogP contribution in [0.5, 0.6) is 11.5 Å². The number of carbonyl (C=O) groups is 2. The highest BCUT2D eigenvalue weighted by molar-refractivity contribution is 8.01. The SMILES string of the molecule is CCCCCCCCCCCCCCCCNC(=O)Nc1cc(O)c(Sc2nc(CC(=O)NC)cs2)cc1O. The minimum Gasteiger partial charge on any atom is -0.507 e. The van der Waals surface area contributed by atoms with Crippen LogP contribution in [0, 0.1) is 0 Å². The summed E-state index contributed by atoms with van der Waals surface area (Å²) in [6.07, 6.45) is 18.2. The van der Waals surface area contributed by atoms with Gasteiger partial charge in [0, 0.05) is 25.0 Å². The third kappa shape index (κ3) is 13.9. The number of carbonyl (C=O) groups excluding carboxylic acids is 2. The normalized spacial score (nSPS) is 10.9. The Morgan fingerprint density at radius 1 is 0.872 bits per heavy atom. The molecule has 0 fully saturated rings. The van der Waals surface area contributed by atoms with Gasteiger partial charge in [0.15, 0.2) is 4.34 Å². The molecule has 0 saturated carbocycles. The molecule has 2 rings (SSSR count). The number of anilines is 1. The third-order valence-corrected chi connectivity index (χ3v) is 8.52. The number of hydrogen-bond acceptors (Lipinski definition) is 7. The number of rotatable bonds is 20. The number of aromatic nitrogens is 1. The second kappa shape index (κ2) is 19.6. The van der Waals surface area contributed by atoms with Crippen LogP contribution in [0.25, 0.3) is 0 Å². The molecule has 0 atom stereocenters. The summed E-state index contributed by atoms with van der Waals surface area (Å²) < 4.78 is 0.634. The van der Waals surface area contributed by atoms with Crippen molar-refractivity contribution in [3.8, 4) is 11.5 Å². The summed E-state index contributed by atoms with van der Waals surface area (Å²) in [5, 5.41) is 30.5. The summed E-state index contributed by atoms with van der Waals surface area (Å²) >= 11 is 2.53. The maximum Gasteiger partial charge on any atom is 0.319 e. The summed E-state index contributed by atoms with van der Waals surface area (Å²) in [5.41, 5.74) is 0.772. The molecule has 0 bridgehead atoms. The highest BCUT2D eigenvalue weighted by Crippen LogP contribution is 2.41. The van der Waals surface area contributed by atoms with E-state index in [-0.39, 0.29) is 29.5 Å². The summed E-state index contributed by atoms with van der Waals surface area (Å²) in [7, 11) is 1.57. The number of thiazole rings is 1. The molecule has 0 aliphatic rings. The molecular formula is C29H46N4O4S2. The first-order chi connectivity index (χ1) is 18.9. The van der Waals surface area contributed by atoms with E-state index in [4.69, 9.17) is 0 Å². The van der Waals surface area contributed by atoms with Gasteiger partial charge in [-0.2, -0.15) is 0 Å². The number of benzene rings is 1. The van der Waals surface area contributed by atoms with Gasteiger partial charge in [-0.25, -0.2) is 9.78 Å². The van der Waals surface area contributed by atoms with Gasteiger partial charge in [0.05, 0.1) is 22.7 Å². The van der Waals surface area contributed by atoms with Crippen molar-refractivity contribution in [3.05, 3.63) is 23.2 Å². The fourth-order valence-electron chi connectivity index (χ4n) is 4.19. The van der Waals surface area contributed by atoms with E-state index in [9.17, 15) is 19.8 Å². The Bertz CT molecular complexity index is 1000. The van der Waals surface area contributed by atoms with Crippen molar-refractivity contribution in [1.82, 2.24) is 15.6 Å². The lowest BCUT2D eigenvalue weighted by atomic mass is 10.0. The molecule has 8 nitrogen and oxygen atoms in total. The summed E-state index contributed by atoms with van der Waals surface area (Å²) in [6.45, 7) is 2.82. The standard InChI is InChI=1S/C29H46N4O4S2/c1-3-4-5-6-7-8-9-10-11-12-13-14-15-16-17-31-28(37)33-23-19-25(35)26(20-24(23)34)39-29-32-22(21-38-29)18-27(36)30-2/h19-21,34-35H,3-18H2,1-2H3,(H,30,36)(H2,31,33,37). The number of aromatic hydroxyl groups is 2. The van der Waals surface area contributed by atoms with Crippen LogP contribution in [0.3, 0.4) is 0 Å². The highest BCUT2D eigenvalue weighted by atomic mass is 32.2. The van der Waals surface area contributed by atoms with Gasteiger partial charge in [0.2, 0.25) is 5.91 Å². The first-order valence-corrected chi connectivity index (χ1v) is 16.1. The van der Waals surface area contributed by atoms with Crippen molar-refractivity contribution in [3.63, 3.8) is 0 Å². The van der Waals surface area contributed by atoms with Gasteiger partial charge in [0.25, 0.3) is 0 Å². The van der Waals surface area contributed by atoms with Crippen LogP contribution < -0.4 is 16.0 Å². The Morgan fingerprint density at radius 3 is 2.05 bits per heavy atom. The second-order valence-corrected chi connectivity index (χ2v) is 12.0. The summed E-state index contributed by atoms with van der Waals surface area (Å²) in [4.78, 5) is 28.5. The monoisotopic (exact) mass is 578 g/mol. The maximum atomic E-state index is 12.2. The number of hydrogen-bond donors (Lipinski definition) is 5. The minimum atomic E-state index is -0.418. The molecule has 39 heavy (non-hydrogen) atoms. The molecular weight excluding hydrogens is 532 g/mol. The van der Waals surface area contributed by atoms with Crippen molar-refractivity contribution >= 4 is 40.7 Å². The summed E-state index contributed by atoms with van der Waals surface area (Å²) in [5.74, 6) is -0.359. The number of nitrogens with one attached hydrogen (secondary N) is 3. The fourth-order valence-corrected chi connectivity index (χ4v) is 6.02. The third-order valence-electron chi connectivity index (χ3n) is 6.49. The van der Waals surface area contributed by atoms with Crippen molar-refractivity contribution < 1.29 is 19.8 Å². The van der Waals surface area contributed by atoms with E-state index in [1.165, 1.54) is 112 Å². The number of urea groups is 1. The van der Waals surface area contributed by atoms with E-state index in [0.717, 1.165) is 12.8 Å². The number of amides is 3. The predicted octanol–water partition coefficient (Wildman–Crippen LogP) is 7.60. The zero-order valence-corrected chi connectivity index (χ0v) is 25.2. The van der Waals surface area contributed by atoms with Crippen LogP contribution in [-0.4, -0.2) is 40.7 Å². The predicted molar refractivity (Wildman–Crippen MR) is 161 cm³/mol. The van der Waals surface area contributed by atoms with Crippen LogP contribution >= 0.6 is 23.1 Å². The van der Waals surface area contributed by atoms with Gasteiger partial charge in [-0.3, -0.25) is 4.79 Å². The van der Waals surface area contributed by atoms with Gasteiger partial charge in [-0.1, -0.05) is 102 Å². The molecule has 1 aromatic heterocycles. The molecule has 0 spiro atoms. The van der Waals surface area contributed by atoms with Crippen molar-refractivity contribution in [2.75, 3.05) is 18.9 Å². The van der Waals surface area contributed by atoms with Gasteiger partial charge in [-0.05, 0) is 12.5 Å². The maximum absolute atomic E-state index is 12.2. The number of phenols is 2. The van der Waals surface area contributed by atoms with Crippen LogP contribution in [-0.2, 0) is 11.2 Å².